The van der Waals surface area contributed by atoms with Crippen LogP contribution in [-0.4, -0.2) is 33.7 Å². The van der Waals surface area contributed by atoms with Crippen molar-refractivity contribution in [3.8, 4) is 6.07 Å². The maximum Gasteiger partial charge on any atom is 0.340 e. The van der Waals surface area contributed by atoms with Crippen LogP contribution in [0.5, 0.6) is 0 Å². The lowest BCUT2D eigenvalue weighted by molar-refractivity contribution is 0.0376. The Labute approximate surface area is 160 Å². The van der Waals surface area contributed by atoms with E-state index in [0.29, 0.717) is 33.4 Å². The van der Waals surface area contributed by atoms with Crippen LogP contribution in [-0.2, 0) is 4.74 Å². The second kappa shape index (κ2) is 8.38. The van der Waals surface area contributed by atoms with Gasteiger partial charge in [0.2, 0.25) is 0 Å². The molecule has 0 radical (unpaired) electrons. The van der Waals surface area contributed by atoms with E-state index in [1.54, 1.807) is 27.7 Å². The zero-order valence-electron chi connectivity index (χ0n) is 15.2. The van der Waals surface area contributed by atoms with Gasteiger partial charge in [-0.3, -0.25) is 10.1 Å². The summed E-state index contributed by atoms with van der Waals surface area (Å²) < 4.78 is 6.13. The lowest BCUT2D eigenvalue weighted by atomic mass is 10.1. The highest BCUT2D eigenvalue weighted by Gasteiger charge is 2.24. The smallest absolute Gasteiger partial charge is 0.340 e. The van der Waals surface area contributed by atoms with Gasteiger partial charge in [0.25, 0.3) is 5.91 Å². The zero-order valence-corrected chi connectivity index (χ0v) is 16.9. The van der Waals surface area contributed by atoms with E-state index < -0.39 is 5.97 Å². The quantitative estimate of drug-likeness (QED) is 0.571. The topological polar surface area (TPSA) is 108 Å². The molecular formula is C17H20N4O3S2. The first kappa shape index (κ1) is 20.0. The maximum absolute atomic E-state index is 12.6. The van der Waals surface area contributed by atoms with Gasteiger partial charge < -0.3 is 9.72 Å². The van der Waals surface area contributed by atoms with Gasteiger partial charge in [0, 0.05) is 5.69 Å². The Morgan fingerprint density at radius 3 is 2.69 bits per heavy atom. The van der Waals surface area contributed by atoms with Gasteiger partial charge in [0.05, 0.1) is 33.4 Å². The molecule has 138 valence electrons. The first-order chi connectivity index (χ1) is 12.2. The number of carbonyl (C=O) groups excluding carboxylic acids is 2. The van der Waals surface area contributed by atoms with Crippen molar-refractivity contribution in [3.63, 3.8) is 0 Å². The third-order valence-corrected chi connectivity index (χ3v) is 5.76. The number of aromatic amines is 1. The SMILES string of the molecule is Cc1nc(NC(=O)c2[nH]c(C)c(C(=O)OC(C)C)c2C)sc1SCC#N. The van der Waals surface area contributed by atoms with Gasteiger partial charge in [-0.25, -0.2) is 9.78 Å². The van der Waals surface area contributed by atoms with Crippen molar-refractivity contribution in [1.82, 2.24) is 9.97 Å². The zero-order chi connectivity index (χ0) is 19.4. The summed E-state index contributed by atoms with van der Waals surface area (Å²) >= 11 is 2.70. The van der Waals surface area contributed by atoms with Crippen molar-refractivity contribution in [2.75, 3.05) is 11.1 Å². The van der Waals surface area contributed by atoms with Crippen molar-refractivity contribution < 1.29 is 14.3 Å². The van der Waals surface area contributed by atoms with Crippen molar-refractivity contribution in [1.29, 1.82) is 5.26 Å². The molecule has 2 N–H and O–H groups in total. The molecule has 0 unspecified atom stereocenters. The normalized spacial score (nSPS) is 10.7. The molecule has 0 aliphatic heterocycles. The molecule has 1 amide bonds. The minimum absolute atomic E-state index is 0.240. The minimum atomic E-state index is -0.453. The maximum atomic E-state index is 12.6. The summed E-state index contributed by atoms with van der Waals surface area (Å²) in [6.07, 6.45) is -0.240. The number of nitrogens with zero attached hydrogens (tertiary/aromatic N) is 2. The number of carbonyl (C=O) groups is 2. The Hall–Kier alpha value is -2.31. The van der Waals surface area contributed by atoms with Gasteiger partial charge in [-0.2, -0.15) is 5.26 Å². The highest BCUT2D eigenvalue weighted by atomic mass is 32.2. The number of anilines is 1. The lowest BCUT2D eigenvalue weighted by Crippen LogP contribution is -2.15. The number of esters is 1. The van der Waals surface area contributed by atoms with E-state index in [1.807, 2.05) is 6.92 Å². The number of nitrogens with one attached hydrogen (secondary N) is 2. The number of amides is 1. The van der Waals surface area contributed by atoms with E-state index in [-0.39, 0.29) is 12.0 Å². The van der Waals surface area contributed by atoms with Crippen molar-refractivity contribution in [3.05, 3.63) is 28.2 Å². The van der Waals surface area contributed by atoms with E-state index in [9.17, 15) is 9.59 Å². The highest BCUT2D eigenvalue weighted by molar-refractivity contribution is 8.01. The summed E-state index contributed by atoms with van der Waals surface area (Å²) in [4.78, 5) is 32.1. The van der Waals surface area contributed by atoms with E-state index in [0.717, 1.165) is 9.90 Å². The second-order valence-electron chi connectivity index (χ2n) is 5.87. The molecule has 0 saturated carbocycles. The number of hydrogen-bond acceptors (Lipinski definition) is 7. The predicted octanol–water partition coefficient (Wildman–Crippen LogP) is 3.83. The monoisotopic (exact) mass is 392 g/mol. The fraction of sp³-hybridized carbons (Fsp3) is 0.412. The molecule has 0 aliphatic rings. The van der Waals surface area contributed by atoms with E-state index in [2.05, 4.69) is 21.4 Å². The molecule has 26 heavy (non-hydrogen) atoms. The summed E-state index contributed by atoms with van der Waals surface area (Å²) in [5, 5.41) is 11.9. The summed E-state index contributed by atoms with van der Waals surface area (Å²) in [6.45, 7) is 8.81. The molecule has 0 aromatic carbocycles. The van der Waals surface area contributed by atoms with Crippen molar-refractivity contribution in [2.24, 2.45) is 0 Å². The summed E-state index contributed by atoms with van der Waals surface area (Å²) in [7, 11) is 0. The fourth-order valence-electron chi connectivity index (χ4n) is 2.38. The van der Waals surface area contributed by atoms with Crippen LogP contribution in [0.15, 0.2) is 4.21 Å². The third-order valence-electron chi connectivity index (χ3n) is 3.45. The molecule has 2 aromatic heterocycles. The molecular weight excluding hydrogens is 372 g/mol. The number of hydrogen-bond donors (Lipinski definition) is 2. The van der Waals surface area contributed by atoms with Crippen LogP contribution in [0.2, 0.25) is 0 Å². The van der Waals surface area contributed by atoms with E-state index >= 15 is 0 Å². The molecule has 9 heteroatoms. The average Bonchev–Trinajstić information content (AvgIpc) is 3.03. The second-order valence-corrected chi connectivity index (χ2v) is 8.11. The Bertz CT molecular complexity index is 877. The van der Waals surface area contributed by atoms with Crippen molar-refractivity contribution in [2.45, 2.75) is 44.9 Å². The predicted molar refractivity (Wildman–Crippen MR) is 102 cm³/mol. The third kappa shape index (κ3) is 4.45. The molecule has 0 bridgehead atoms. The molecule has 0 spiro atoms. The Kier molecular flexibility index (Phi) is 6.45. The largest absolute Gasteiger partial charge is 0.459 e. The number of aromatic nitrogens is 2. The van der Waals surface area contributed by atoms with E-state index in [1.165, 1.54) is 23.1 Å². The van der Waals surface area contributed by atoms with Gasteiger partial charge in [-0.15, -0.1) is 0 Å². The highest BCUT2D eigenvalue weighted by Crippen LogP contribution is 2.32. The van der Waals surface area contributed by atoms with Gasteiger partial charge >= 0.3 is 5.97 Å². The molecule has 0 saturated heterocycles. The van der Waals surface area contributed by atoms with Crippen LogP contribution in [0.4, 0.5) is 5.13 Å². The van der Waals surface area contributed by atoms with Crippen LogP contribution < -0.4 is 5.32 Å². The number of H-pyrrole nitrogens is 1. The van der Waals surface area contributed by atoms with Gasteiger partial charge in [-0.1, -0.05) is 23.1 Å². The minimum Gasteiger partial charge on any atom is -0.459 e. The number of thiazole rings is 1. The number of nitriles is 1. The molecule has 7 nitrogen and oxygen atoms in total. The molecule has 2 heterocycles. The summed E-state index contributed by atoms with van der Waals surface area (Å²) in [6, 6.07) is 2.07. The average molecular weight is 393 g/mol. The Balaban J connectivity index is 2.21. The molecule has 0 atom stereocenters. The van der Waals surface area contributed by atoms with Crippen LogP contribution in [0, 0.1) is 32.1 Å². The van der Waals surface area contributed by atoms with Crippen molar-refractivity contribution >= 4 is 40.1 Å². The van der Waals surface area contributed by atoms with Gasteiger partial charge in [0.15, 0.2) is 5.13 Å². The van der Waals surface area contributed by atoms with Gasteiger partial charge in [0.1, 0.15) is 5.69 Å². The standard InChI is InChI=1S/C17H20N4O3S2/c1-8(2)24-15(23)12-9(3)13(19-10(12)4)14(22)21-17-20-11(5)16(26-17)25-7-6-18/h8,19H,7H2,1-5H3,(H,20,21,22). The fourth-order valence-corrected chi connectivity index (χ4v) is 4.18. The molecule has 0 fully saturated rings. The summed E-state index contributed by atoms with van der Waals surface area (Å²) in [5.41, 5.74) is 2.57. The van der Waals surface area contributed by atoms with Crippen LogP contribution in [0.1, 0.15) is 51.6 Å². The van der Waals surface area contributed by atoms with Crippen LogP contribution in [0.25, 0.3) is 0 Å². The first-order valence-electron chi connectivity index (χ1n) is 7.93. The van der Waals surface area contributed by atoms with Crippen LogP contribution >= 0.6 is 23.1 Å². The lowest BCUT2D eigenvalue weighted by Gasteiger charge is -2.08. The Morgan fingerprint density at radius 2 is 2.08 bits per heavy atom. The number of ether oxygens (including phenoxy) is 1. The first-order valence-corrected chi connectivity index (χ1v) is 9.73. The number of aryl methyl sites for hydroxylation is 2. The van der Waals surface area contributed by atoms with Gasteiger partial charge in [-0.05, 0) is 40.2 Å². The number of thioether (sulfide) groups is 1. The summed E-state index contributed by atoms with van der Waals surface area (Å²) in [5.74, 6) is -0.502. The molecule has 0 aliphatic carbocycles. The molecule has 2 aromatic rings. The van der Waals surface area contributed by atoms with Crippen LogP contribution in [0.3, 0.4) is 0 Å². The Morgan fingerprint density at radius 1 is 1.38 bits per heavy atom. The molecule has 2 rings (SSSR count). The number of rotatable bonds is 6. The van der Waals surface area contributed by atoms with E-state index in [4.69, 9.17) is 10.00 Å².